The largest absolute Gasteiger partial charge is 0.378 e. The minimum Gasteiger partial charge on any atom is -0.378 e. The van der Waals surface area contributed by atoms with Crippen molar-refractivity contribution in [3.05, 3.63) is 24.3 Å². The van der Waals surface area contributed by atoms with Gasteiger partial charge in [0, 0.05) is 46.1 Å². The fraction of sp³-hybridized carbons (Fsp3) is 0.579. The predicted molar refractivity (Wildman–Crippen MR) is 104 cm³/mol. The molecule has 1 heterocycles. The first-order valence-corrected chi connectivity index (χ1v) is 9.10. The molecule has 0 saturated carbocycles. The molecule has 144 valence electrons. The van der Waals surface area contributed by atoms with Crippen LogP contribution < -0.4 is 15.1 Å². The number of carbonyl (C=O) groups excluding carboxylic acids is 2. The summed E-state index contributed by atoms with van der Waals surface area (Å²) in [4.78, 5) is 30.2. The van der Waals surface area contributed by atoms with E-state index >= 15 is 0 Å². The molecular formula is C19H30N4O3. The minimum atomic E-state index is -0.0631. The van der Waals surface area contributed by atoms with Gasteiger partial charge in [-0.1, -0.05) is 12.1 Å². The average Bonchev–Trinajstić information content (AvgIpc) is 2.62. The minimum absolute atomic E-state index is 0.0399. The van der Waals surface area contributed by atoms with E-state index in [1.165, 1.54) is 0 Å². The summed E-state index contributed by atoms with van der Waals surface area (Å²) in [6.45, 7) is 6.27. The lowest BCUT2D eigenvalue weighted by atomic mass is 10.2. The fourth-order valence-electron chi connectivity index (χ4n) is 2.93. The van der Waals surface area contributed by atoms with Crippen LogP contribution in [0.2, 0.25) is 0 Å². The molecule has 26 heavy (non-hydrogen) atoms. The Morgan fingerprint density at radius 1 is 1.15 bits per heavy atom. The van der Waals surface area contributed by atoms with Crippen LogP contribution in [0.4, 0.5) is 11.4 Å². The monoisotopic (exact) mass is 362 g/mol. The summed E-state index contributed by atoms with van der Waals surface area (Å²) < 4.78 is 5.42. The second-order valence-corrected chi connectivity index (χ2v) is 6.66. The number of likely N-dealkylation sites (N-methyl/N-ethyl adjacent to an activating group) is 1. The maximum atomic E-state index is 12.2. The van der Waals surface area contributed by atoms with Crippen LogP contribution in [0.3, 0.4) is 0 Å². The summed E-state index contributed by atoms with van der Waals surface area (Å²) >= 11 is 0. The van der Waals surface area contributed by atoms with Crippen LogP contribution in [0.5, 0.6) is 0 Å². The zero-order valence-electron chi connectivity index (χ0n) is 16.0. The molecule has 7 heteroatoms. The molecule has 0 spiro atoms. The molecule has 0 atom stereocenters. The van der Waals surface area contributed by atoms with Gasteiger partial charge in [0.05, 0.1) is 24.6 Å². The highest BCUT2D eigenvalue weighted by Crippen LogP contribution is 2.30. The van der Waals surface area contributed by atoms with E-state index in [2.05, 4.69) is 10.2 Å². The van der Waals surface area contributed by atoms with Crippen LogP contribution >= 0.6 is 0 Å². The van der Waals surface area contributed by atoms with E-state index in [-0.39, 0.29) is 18.2 Å². The summed E-state index contributed by atoms with van der Waals surface area (Å²) in [6.07, 6.45) is 0.282. The second kappa shape index (κ2) is 10.1. The van der Waals surface area contributed by atoms with Crippen molar-refractivity contribution in [3.8, 4) is 0 Å². The van der Waals surface area contributed by atoms with Crippen LogP contribution in [0.1, 0.15) is 13.3 Å². The molecule has 1 saturated heterocycles. The van der Waals surface area contributed by atoms with Gasteiger partial charge in [-0.15, -0.1) is 0 Å². The van der Waals surface area contributed by atoms with Crippen LogP contribution in [0.25, 0.3) is 0 Å². The van der Waals surface area contributed by atoms with Crippen LogP contribution in [0.15, 0.2) is 24.3 Å². The van der Waals surface area contributed by atoms with Gasteiger partial charge in [0.1, 0.15) is 0 Å². The molecule has 1 fully saturated rings. The van der Waals surface area contributed by atoms with Crippen molar-refractivity contribution >= 4 is 23.2 Å². The number of morpholine rings is 1. The van der Waals surface area contributed by atoms with E-state index < -0.39 is 0 Å². The highest BCUT2D eigenvalue weighted by molar-refractivity contribution is 5.96. The Morgan fingerprint density at radius 3 is 2.50 bits per heavy atom. The molecule has 1 aromatic carbocycles. The number of benzene rings is 1. The SMILES string of the molecule is CC(=O)N(CCC(=O)NCCN(C)C)c1ccccc1N1CCOCC1. The third-order valence-electron chi connectivity index (χ3n) is 4.35. The van der Waals surface area contributed by atoms with Gasteiger partial charge in [-0.05, 0) is 26.2 Å². The van der Waals surface area contributed by atoms with Gasteiger partial charge in [-0.3, -0.25) is 9.59 Å². The Morgan fingerprint density at radius 2 is 1.85 bits per heavy atom. The van der Waals surface area contributed by atoms with E-state index in [9.17, 15) is 9.59 Å². The highest BCUT2D eigenvalue weighted by Gasteiger charge is 2.21. The summed E-state index contributed by atoms with van der Waals surface area (Å²) in [5.74, 6) is -0.103. The molecule has 1 N–H and O–H groups in total. The van der Waals surface area contributed by atoms with Gasteiger partial charge >= 0.3 is 0 Å². The highest BCUT2D eigenvalue weighted by atomic mass is 16.5. The quantitative estimate of drug-likeness (QED) is 0.746. The van der Waals surface area contributed by atoms with Crippen LogP contribution in [-0.2, 0) is 14.3 Å². The normalized spacial score (nSPS) is 14.4. The molecule has 0 unspecified atom stereocenters. The number of hydrogen-bond donors (Lipinski definition) is 1. The van der Waals surface area contributed by atoms with Crippen molar-refractivity contribution in [1.82, 2.24) is 10.2 Å². The Labute approximate surface area is 155 Å². The second-order valence-electron chi connectivity index (χ2n) is 6.66. The molecule has 7 nitrogen and oxygen atoms in total. The third kappa shape index (κ3) is 6.00. The maximum Gasteiger partial charge on any atom is 0.223 e. The van der Waals surface area contributed by atoms with E-state index in [0.717, 1.165) is 31.0 Å². The Hall–Kier alpha value is -2.12. The molecule has 0 radical (unpaired) electrons. The molecule has 2 rings (SSSR count). The topological polar surface area (TPSA) is 65.1 Å². The first-order chi connectivity index (χ1) is 12.5. The molecule has 2 amide bonds. The molecule has 0 aliphatic carbocycles. The third-order valence-corrected chi connectivity index (χ3v) is 4.35. The lowest BCUT2D eigenvalue weighted by Crippen LogP contribution is -2.39. The number of para-hydroxylation sites is 2. The van der Waals surface area contributed by atoms with Gasteiger partial charge in [-0.25, -0.2) is 0 Å². The number of nitrogens with zero attached hydrogens (tertiary/aromatic N) is 3. The van der Waals surface area contributed by atoms with Crippen molar-refractivity contribution < 1.29 is 14.3 Å². The van der Waals surface area contributed by atoms with Gasteiger partial charge in [-0.2, -0.15) is 0 Å². The smallest absolute Gasteiger partial charge is 0.223 e. The van der Waals surface area contributed by atoms with Crippen molar-refractivity contribution in [3.63, 3.8) is 0 Å². The number of ether oxygens (including phenoxy) is 1. The molecular weight excluding hydrogens is 332 g/mol. The predicted octanol–water partition coefficient (Wildman–Crippen LogP) is 0.944. The summed E-state index contributed by atoms with van der Waals surface area (Å²) in [7, 11) is 3.93. The van der Waals surface area contributed by atoms with Gasteiger partial charge < -0.3 is 24.8 Å². The number of rotatable bonds is 8. The molecule has 1 aliphatic rings. The zero-order valence-corrected chi connectivity index (χ0v) is 16.0. The first-order valence-electron chi connectivity index (χ1n) is 9.10. The lowest BCUT2D eigenvalue weighted by Gasteiger charge is -2.33. The molecule has 1 aliphatic heterocycles. The van der Waals surface area contributed by atoms with Gasteiger partial charge in [0.25, 0.3) is 0 Å². The Kier molecular flexibility index (Phi) is 7.87. The number of hydrogen-bond acceptors (Lipinski definition) is 5. The van der Waals surface area contributed by atoms with E-state index in [1.807, 2.05) is 43.3 Å². The van der Waals surface area contributed by atoms with Crippen molar-refractivity contribution in [2.45, 2.75) is 13.3 Å². The van der Waals surface area contributed by atoms with Gasteiger partial charge in [0.2, 0.25) is 11.8 Å². The lowest BCUT2D eigenvalue weighted by molar-refractivity contribution is -0.121. The summed E-state index contributed by atoms with van der Waals surface area (Å²) in [5.41, 5.74) is 1.86. The number of nitrogens with one attached hydrogen (secondary N) is 1. The Balaban J connectivity index is 2.03. The Bertz CT molecular complexity index is 600. The maximum absolute atomic E-state index is 12.2. The van der Waals surface area contributed by atoms with E-state index in [0.29, 0.717) is 26.3 Å². The molecule has 0 bridgehead atoms. The standard InChI is InChI=1S/C19H30N4O3/c1-16(24)23(10-8-19(25)20-9-11-21(2)3)18-7-5-4-6-17(18)22-12-14-26-15-13-22/h4-7H,8-15H2,1-3H3,(H,20,25). The average molecular weight is 362 g/mol. The van der Waals surface area contributed by atoms with Gasteiger partial charge in [0.15, 0.2) is 0 Å². The van der Waals surface area contributed by atoms with Crippen LogP contribution in [0, 0.1) is 0 Å². The fourth-order valence-corrected chi connectivity index (χ4v) is 2.93. The van der Waals surface area contributed by atoms with Crippen LogP contribution in [-0.4, -0.2) is 76.7 Å². The molecule has 1 aromatic rings. The number of carbonyl (C=O) groups is 2. The zero-order chi connectivity index (χ0) is 18.9. The van der Waals surface area contributed by atoms with E-state index in [1.54, 1.807) is 11.8 Å². The summed E-state index contributed by atoms with van der Waals surface area (Å²) in [6, 6.07) is 7.86. The van der Waals surface area contributed by atoms with Crippen molar-refractivity contribution in [2.24, 2.45) is 0 Å². The number of amides is 2. The summed E-state index contributed by atoms with van der Waals surface area (Å²) in [5, 5.41) is 2.89. The molecule has 0 aromatic heterocycles. The van der Waals surface area contributed by atoms with E-state index in [4.69, 9.17) is 4.74 Å². The van der Waals surface area contributed by atoms with Crippen molar-refractivity contribution in [1.29, 1.82) is 0 Å². The number of anilines is 2. The first kappa shape index (κ1) is 20.2. The van der Waals surface area contributed by atoms with Crippen molar-refractivity contribution in [2.75, 3.05) is 69.8 Å².